The van der Waals surface area contributed by atoms with Crippen LogP contribution in [0.5, 0.6) is 5.75 Å². The molecule has 140 valence electrons. The second kappa shape index (κ2) is 6.93. The number of rotatable bonds is 3. The predicted molar refractivity (Wildman–Crippen MR) is 112 cm³/mol. The normalized spacial score (nSPS) is 14.0. The average Bonchev–Trinajstić information content (AvgIpc) is 3.22. The Morgan fingerprint density at radius 2 is 1.93 bits per heavy atom. The van der Waals surface area contributed by atoms with Gasteiger partial charge >= 0.3 is 0 Å². The third-order valence-electron chi connectivity index (χ3n) is 5.10. The Balaban J connectivity index is 1.61. The highest BCUT2D eigenvalue weighted by Crippen LogP contribution is 2.34. The minimum absolute atomic E-state index is 0.00290. The Bertz CT molecular complexity index is 1200. The summed E-state index contributed by atoms with van der Waals surface area (Å²) >= 11 is 1.74. The lowest BCUT2D eigenvalue weighted by atomic mass is 10.0. The topological polar surface area (TPSA) is 42.7 Å². The maximum absolute atomic E-state index is 13.3. The molecule has 3 heterocycles. The van der Waals surface area contributed by atoms with Crippen molar-refractivity contribution in [2.24, 2.45) is 0 Å². The molecule has 0 aliphatic carbocycles. The first-order chi connectivity index (χ1) is 13.7. The monoisotopic (exact) mass is 389 g/mol. The summed E-state index contributed by atoms with van der Waals surface area (Å²) in [4.78, 5) is 16.8. The molecule has 1 aliphatic rings. The van der Waals surface area contributed by atoms with Crippen LogP contribution in [0.3, 0.4) is 0 Å². The first kappa shape index (κ1) is 17.2. The molecule has 28 heavy (non-hydrogen) atoms. The Labute approximate surface area is 166 Å². The van der Waals surface area contributed by atoms with Crippen LogP contribution >= 0.6 is 11.3 Å². The van der Waals surface area contributed by atoms with Crippen molar-refractivity contribution in [3.63, 3.8) is 0 Å². The van der Waals surface area contributed by atoms with Crippen LogP contribution in [0.4, 0.5) is 0 Å². The van der Waals surface area contributed by atoms with Crippen LogP contribution in [-0.4, -0.2) is 11.6 Å². The molecule has 2 aromatic carbocycles. The van der Waals surface area contributed by atoms with Crippen LogP contribution < -0.4 is 10.2 Å². The highest BCUT2D eigenvalue weighted by Gasteiger charge is 2.24. The highest BCUT2D eigenvalue weighted by molar-refractivity contribution is 7.09. The SMILES string of the molecule is Cc1oc2c3c(ccc2c(=O)c1-c1ccccc1)OCN(Cc1cccs1)C3. The molecule has 0 bridgehead atoms. The first-order valence-corrected chi connectivity index (χ1v) is 10.1. The van der Waals surface area contributed by atoms with Gasteiger partial charge in [0.15, 0.2) is 0 Å². The Morgan fingerprint density at radius 3 is 2.71 bits per heavy atom. The van der Waals surface area contributed by atoms with Crippen molar-refractivity contribution >= 4 is 22.3 Å². The van der Waals surface area contributed by atoms with E-state index in [9.17, 15) is 4.79 Å². The van der Waals surface area contributed by atoms with Crippen LogP contribution in [0.15, 0.2) is 69.2 Å². The van der Waals surface area contributed by atoms with Gasteiger partial charge in [0.25, 0.3) is 0 Å². The second-order valence-electron chi connectivity index (χ2n) is 6.99. The number of benzene rings is 2. The van der Waals surface area contributed by atoms with E-state index in [1.165, 1.54) is 4.88 Å². The zero-order valence-corrected chi connectivity index (χ0v) is 16.3. The maximum Gasteiger partial charge on any atom is 0.200 e. The van der Waals surface area contributed by atoms with Gasteiger partial charge in [-0.2, -0.15) is 0 Å². The fourth-order valence-electron chi connectivity index (χ4n) is 3.78. The lowest BCUT2D eigenvalue weighted by Crippen LogP contribution is -2.31. The van der Waals surface area contributed by atoms with Crippen LogP contribution in [-0.2, 0) is 13.1 Å². The summed E-state index contributed by atoms with van der Waals surface area (Å²) in [6.07, 6.45) is 0. The van der Waals surface area contributed by atoms with Crippen molar-refractivity contribution in [3.8, 4) is 16.9 Å². The quantitative estimate of drug-likeness (QED) is 0.484. The molecule has 0 amide bonds. The molecule has 0 unspecified atom stereocenters. The average molecular weight is 389 g/mol. The predicted octanol–water partition coefficient (Wildman–Crippen LogP) is 5.18. The molecule has 2 aromatic heterocycles. The molecule has 0 N–H and O–H groups in total. The van der Waals surface area contributed by atoms with E-state index in [4.69, 9.17) is 9.15 Å². The van der Waals surface area contributed by atoms with E-state index in [0.29, 0.717) is 35.6 Å². The molecule has 1 aliphatic heterocycles. The molecule has 5 heteroatoms. The third kappa shape index (κ3) is 2.93. The smallest absolute Gasteiger partial charge is 0.200 e. The van der Waals surface area contributed by atoms with Crippen molar-refractivity contribution in [3.05, 3.63) is 86.4 Å². The van der Waals surface area contributed by atoms with Crippen molar-refractivity contribution < 1.29 is 9.15 Å². The molecular formula is C23H19NO3S. The van der Waals surface area contributed by atoms with Gasteiger partial charge in [0.2, 0.25) is 5.43 Å². The van der Waals surface area contributed by atoms with Crippen molar-refractivity contribution in [2.45, 2.75) is 20.0 Å². The summed E-state index contributed by atoms with van der Waals surface area (Å²) in [5.74, 6) is 1.43. The largest absolute Gasteiger partial charge is 0.478 e. The summed E-state index contributed by atoms with van der Waals surface area (Å²) in [7, 11) is 0. The second-order valence-corrected chi connectivity index (χ2v) is 8.02. The molecule has 4 aromatic rings. The molecule has 4 nitrogen and oxygen atoms in total. The van der Waals surface area contributed by atoms with Crippen molar-refractivity contribution in [2.75, 3.05) is 6.73 Å². The summed E-state index contributed by atoms with van der Waals surface area (Å²) in [5, 5.41) is 2.68. The van der Waals surface area contributed by atoms with Gasteiger partial charge in [0.05, 0.1) is 16.5 Å². The molecule has 0 radical (unpaired) electrons. The van der Waals surface area contributed by atoms with E-state index >= 15 is 0 Å². The van der Waals surface area contributed by atoms with E-state index in [1.54, 1.807) is 11.3 Å². The lowest BCUT2D eigenvalue weighted by Gasteiger charge is -2.29. The van der Waals surface area contributed by atoms with Gasteiger partial charge in [-0.3, -0.25) is 9.69 Å². The standard InChI is InChI=1S/C23H19NO3S/c1-15-21(16-6-3-2-4-7-16)22(25)18-9-10-20-19(23(18)27-15)13-24(14-26-20)12-17-8-5-11-28-17/h2-11H,12-14H2,1H3. The fraction of sp³-hybridized carbons (Fsp3) is 0.174. The van der Waals surface area contributed by atoms with Crippen molar-refractivity contribution in [1.82, 2.24) is 4.90 Å². The van der Waals surface area contributed by atoms with Crippen LogP contribution in [0.1, 0.15) is 16.2 Å². The maximum atomic E-state index is 13.3. The minimum Gasteiger partial charge on any atom is -0.478 e. The number of nitrogens with zero attached hydrogens (tertiary/aromatic N) is 1. The number of hydrogen-bond acceptors (Lipinski definition) is 5. The molecular weight excluding hydrogens is 370 g/mol. The van der Waals surface area contributed by atoms with Crippen LogP contribution in [0, 0.1) is 6.92 Å². The molecule has 0 saturated heterocycles. The summed E-state index contributed by atoms with van der Waals surface area (Å²) in [6.45, 7) is 3.90. The van der Waals surface area contributed by atoms with E-state index in [-0.39, 0.29) is 5.43 Å². The third-order valence-corrected chi connectivity index (χ3v) is 5.96. The van der Waals surface area contributed by atoms with Crippen molar-refractivity contribution in [1.29, 1.82) is 0 Å². The first-order valence-electron chi connectivity index (χ1n) is 9.23. The summed E-state index contributed by atoms with van der Waals surface area (Å²) in [5.41, 5.74) is 3.09. The molecule has 0 saturated carbocycles. The number of fused-ring (bicyclic) bond motifs is 3. The zero-order valence-electron chi connectivity index (χ0n) is 15.5. The van der Waals surface area contributed by atoms with Gasteiger partial charge in [0.1, 0.15) is 23.8 Å². The number of thiophene rings is 1. The molecule has 0 atom stereocenters. The van der Waals surface area contributed by atoms with E-state index in [0.717, 1.165) is 23.4 Å². The number of hydrogen-bond donors (Lipinski definition) is 0. The fourth-order valence-corrected chi connectivity index (χ4v) is 4.53. The summed E-state index contributed by atoms with van der Waals surface area (Å²) in [6, 6.07) is 17.6. The molecule has 5 rings (SSSR count). The lowest BCUT2D eigenvalue weighted by molar-refractivity contribution is 0.0899. The van der Waals surface area contributed by atoms with Crippen LogP contribution in [0.25, 0.3) is 22.1 Å². The zero-order chi connectivity index (χ0) is 19.1. The molecule has 0 spiro atoms. The van der Waals surface area contributed by atoms with E-state index in [2.05, 4.69) is 22.4 Å². The van der Waals surface area contributed by atoms with E-state index in [1.807, 2.05) is 49.4 Å². The minimum atomic E-state index is 0.00290. The Kier molecular flexibility index (Phi) is 4.26. The van der Waals surface area contributed by atoms with Gasteiger partial charge < -0.3 is 9.15 Å². The number of aryl methyl sites for hydroxylation is 1. The summed E-state index contributed by atoms with van der Waals surface area (Å²) < 4.78 is 12.2. The molecule has 0 fully saturated rings. The van der Waals surface area contributed by atoms with E-state index < -0.39 is 0 Å². The highest BCUT2D eigenvalue weighted by atomic mass is 32.1. The van der Waals surface area contributed by atoms with Gasteiger partial charge in [-0.15, -0.1) is 11.3 Å². The van der Waals surface area contributed by atoms with Gasteiger partial charge in [0, 0.05) is 18.0 Å². The number of ether oxygens (including phenoxy) is 1. The van der Waals surface area contributed by atoms with Gasteiger partial charge in [-0.1, -0.05) is 36.4 Å². The van der Waals surface area contributed by atoms with Crippen LogP contribution in [0.2, 0.25) is 0 Å². The Hall–Kier alpha value is -2.89. The van der Waals surface area contributed by atoms with Gasteiger partial charge in [-0.25, -0.2) is 0 Å². The Morgan fingerprint density at radius 1 is 1.07 bits per heavy atom. The van der Waals surface area contributed by atoms with Gasteiger partial charge in [-0.05, 0) is 36.1 Å².